The smallest absolute Gasteiger partial charge is 0.373 e. The van der Waals surface area contributed by atoms with E-state index in [0.29, 0.717) is 11.8 Å². The van der Waals surface area contributed by atoms with Gasteiger partial charge in [0.05, 0.1) is 13.5 Å². The second-order valence-corrected chi connectivity index (χ2v) is 8.56. The maximum absolute atomic E-state index is 12.0. The number of phenolic OH excluding ortho intramolecular Hbond substituents is 1. The number of benzene rings is 1. The van der Waals surface area contributed by atoms with Gasteiger partial charge in [-0.2, -0.15) is 0 Å². The predicted octanol–water partition coefficient (Wildman–Crippen LogP) is 3.49. The number of carbonyl (C=O) groups excluding carboxylic acids is 2. The number of ether oxygens (including phenoxy) is 4. The third-order valence-electron chi connectivity index (χ3n) is 6.03. The minimum absolute atomic E-state index is 0.0213. The van der Waals surface area contributed by atoms with Crippen LogP contribution in [0.1, 0.15) is 57.6 Å². The maximum atomic E-state index is 12.0. The summed E-state index contributed by atoms with van der Waals surface area (Å²) in [6.45, 7) is 7.85. The summed E-state index contributed by atoms with van der Waals surface area (Å²) >= 11 is 0. The second kappa shape index (κ2) is 11.4. The number of fused-ring (bicyclic) bond motifs is 1. The van der Waals surface area contributed by atoms with Crippen LogP contribution in [0.15, 0.2) is 24.0 Å². The number of phenols is 1. The van der Waals surface area contributed by atoms with E-state index in [-0.39, 0.29) is 17.9 Å². The molecule has 0 spiro atoms. The first-order valence-electron chi connectivity index (χ1n) is 11.7. The Morgan fingerprint density at radius 3 is 2.58 bits per heavy atom. The van der Waals surface area contributed by atoms with Gasteiger partial charge in [0.15, 0.2) is 11.5 Å². The number of hydrogen-bond donors (Lipinski definition) is 1. The van der Waals surface area contributed by atoms with Gasteiger partial charge in [0.2, 0.25) is 12.0 Å². The molecule has 0 aromatic heterocycles. The summed E-state index contributed by atoms with van der Waals surface area (Å²) in [5.74, 6) is -0.862. The van der Waals surface area contributed by atoms with Crippen LogP contribution in [0, 0.1) is 0 Å². The average Bonchev–Trinajstić information content (AvgIpc) is 2.79. The molecular formula is C25H35NO7. The van der Waals surface area contributed by atoms with Gasteiger partial charge in [0, 0.05) is 24.6 Å². The van der Waals surface area contributed by atoms with Gasteiger partial charge >= 0.3 is 11.9 Å². The van der Waals surface area contributed by atoms with E-state index in [1.807, 2.05) is 6.07 Å². The fourth-order valence-electron chi connectivity index (χ4n) is 4.65. The van der Waals surface area contributed by atoms with E-state index in [9.17, 15) is 14.7 Å². The van der Waals surface area contributed by atoms with Crippen LogP contribution in [0.5, 0.6) is 11.5 Å². The third-order valence-corrected chi connectivity index (χ3v) is 6.03. The molecule has 33 heavy (non-hydrogen) atoms. The Morgan fingerprint density at radius 1 is 1.21 bits per heavy atom. The molecule has 3 unspecified atom stereocenters. The molecule has 8 nitrogen and oxygen atoms in total. The van der Waals surface area contributed by atoms with Crippen molar-refractivity contribution in [2.45, 2.75) is 77.7 Å². The van der Waals surface area contributed by atoms with Crippen LogP contribution in [0.4, 0.5) is 0 Å². The normalized spacial score (nSPS) is 22.1. The molecule has 1 heterocycles. The van der Waals surface area contributed by atoms with E-state index in [1.54, 1.807) is 6.07 Å². The van der Waals surface area contributed by atoms with Crippen molar-refractivity contribution in [3.8, 4) is 11.5 Å². The van der Waals surface area contributed by atoms with Crippen molar-refractivity contribution in [3.63, 3.8) is 0 Å². The summed E-state index contributed by atoms with van der Waals surface area (Å²) in [6.07, 6.45) is 4.85. The highest BCUT2D eigenvalue weighted by Crippen LogP contribution is 2.39. The van der Waals surface area contributed by atoms with Gasteiger partial charge in [-0.25, -0.2) is 4.79 Å². The van der Waals surface area contributed by atoms with Crippen molar-refractivity contribution in [2.75, 3.05) is 20.2 Å². The molecule has 3 atom stereocenters. The Labute approximate surface area is 195 Å². The molecule has 1 aliphatic carbocycles. The van der Waals surface area contributed by atoms with Crippen molar-refractivity contribution >= 4 is 11.9 Å². The minimum Gasteiger partial charge on any atom is -0.504 e. The van der Waals surface area contributed by atoms with Crippen molar-refractivity contribution in [2.24, 2.45) is 0 Å². The molecule has 1 N–H and O–H groups in total. The van der Waals surface area contributed by atoms with Crippen LogP contribution in [0.25, 0.3) is 0 Å². The van der Waals surface area contributed by atoms with E-state index in [1.165, 1.54) is 20.1 Å². The van der Waals surface area contributed by atoms with Crippen LogP contribution < -0.4 is 4.74 Å². The van der Waals surface area contributed by atoms with E-state index in [0.717, 1.165) is 56.3 Å². The topological polar surface area (TPSA) is 94.5 Å². The molecule has 0 fully saturated rings. The maximum Gasteiger partial charge on any atom is 0.373 e. The monoisotopic (exact) mass is 461 g/mol. The highest BCUT2D eigenvalue weighted by atomic mass is 16.7. The van der Waals surface area contributed by atoms with Gasteiger partial charge in [0.1, 0.15) is 6.10 Å². The molecule has 0 radical (unpaired) electrons. The molecule has 0 bridgehead atoms. The third kappa shape index (κ3) is 6.19. The van der Waals surface area contributed by atoms with Crippen LogP contribution >= 0.6 is 0 Å². The van der Waals surface area contributed by atoms with Gasteiger partial charge in [-0.3, -0.25) is 4.79 Å². The zero-order valence-electron chi connectivity index (χ0n) is 20.0. The van der Waals surface area contributed by atoms with Gasteiger partial charge < -0.3 is 29.0 Å². The van der Waals surface area contributed by atoms with Gasteiger partial charge in [-0.15, -0.1) is 0 Å². The molecule has 3 rings (SSSR count). The lowest BCUT2D eigenvalue weighted by Gasteiger charge is -2.36. The zero-order valence-corrected chi connectivity index (χ0v) is 20.0. The number of aromatic hydroxyl groups is 1. The molecular weight excluding hydrogens is 426 g/mol. The molecule has 1 aromatic carbocycles. The zero-order chi connectivity index (χ0) is 24.0. The Hall–Kier alpha value is -2.74. The van der Waals surface area contributed by atoms with Crippen LogP contribution in [-0.2, 0) is 36.6 Å². The first-order chi connectivity index (χ1) is 15.9. The van der Waals surface area contributed by atoms with E-state index in [4.69, 9.17) is 18.9 Å². The summed E-state index contributed by atoms with van der Waals surface area (Å²) in [4.78, 5) is 26.0. The second-order valence-electron chi connectivity index (χ2n) is 8.56. The number of nitrogens with zero attached hydrogens (tertiary/aromatic N) is 1. The fraction of sp³-hybridized carbons (Fsp3) is 0.600. The fourth-order valence-corrected chi connectivity index (χ4v) is 4.65. The number of methoxy groups -OCH3 is 1. The van der Waals surface area contributed by atoms with Crippen LogP contribution in [0.2, 0.25) is 0 Å². The van der Waals surface area contributed by atoms with Crippen LogP contribution in [0.3, 0.4) is 0 Å². The molecule has 8 heteroatoms. The Morgan fingerprint density at radius 2 is 1.94 bits per heavy atom. The average molecular weight is 462 g/mol. The molecule has 1 aromatic rings. The van der Waals surface area contributed by atoms with E-state index < -0.39 is 24.3 Å². The Kier molecular flexibility index (Phi) is 8.61. The molecule has 182 valence electrons. The predicted molar refractivity (Wildman–Crippen MR) is 122 cm³/mol. The molecule has 0 saturated carbocycles. The van der Waals surface area contributed by atoms with Crippen molar-refractivity contribution < 1.29 is 33.6 Å². The summed E-state index contributed by atoms with van der Waals surface area (Å²) in [5.41, 5.74) is 2.10. The van der Waals surface area contributed by atoms with E-state index >= 15 is 0 Å². The summed E-state index contributed by atoms with van der Waals surface area (Å²) in [6, 6.07) is 4.07. The van der Waals surface area contributed by atoms with Crippen molar-refractivity contribution in [1.82, 2.24) is 4.90 Å². The lowest BCUT2D eigenvalue weighted by Crippen LogP contribution is -2.40. The van der Waals surface area contributed by atoms with Crippen molar-refractivity contribution in [3.05, 3.63) is 35.1 Å². The first-order valence-corrected chi connectivity index (χ1v) is 11.7. The molecule has 0 saturated heterocycles. The van der Waals surface area contributed by atoms with Gasteiger partial charge in [0.25, 0.3) is 0 Å². The minimum atomic E-state index is -0.916. The SMILES string of the molecule is CCCN(CCC)C1CCc2c(ccc(O)c2OC2CC(OC(C)=O)C=C(C(=O)OC)O2)C1. The molecule has 1 aliphatic heterocycles. The Bertz CT molecular complexity index is 876. The summed E-state index contributed by atoms with van der Waals surface area (Å²) in [5, 5.41) is 10.6. The molecule has 2 aliphatic rings. The Balaban J connectivity index is 1.81. The first kappa shape index (κ1) is 24.9. The highest BCUT2D eigenvalue weighted by molar-refractivity contribution is 5.86. The standard InChI is InChI=1S/C25H35NO7/c1-5-11-26(12-6-2)18-8-9-20-17(13-18)7-10-21(28)24(20)33-23-15-19(31-16(3)27)14-22(32-23)25(29)30-4/h7,10,14,18-19,23,28H,5-6,8-9,11-13,15H2,1-4H3. The summed E-state index contributed by atoms with van der Waals surface area (Å²) in [7, 11) is 1.24. The number of carbonyl (C=O) groups is 2. The number of esters is 2. The van der Waals surface area contributed by atoms with E-state index in [2.05, 4.69) is 18.7 Å². The quantitative estimate of drug-likeness (QED) is 0.559. The lowest BCUT2D eigenvalue weighted by molar-refractivity contribution is -0.158. The number of hydrogen-bond acceptors (Lipinski definition) is 8. The summed E-state index contributed by atoms with van der Waals surface area (Å²) < 4.78 is 21.8. The largest absolute Gasteiger partial charge is 0.504 e. The van der Waals surface area contributed by atoms with Gasteiger partial charge in [-0.1, -0.05) is 19.9 Å². The lowest BCUT2D eigenvalue weighted by atomic mass is 9.86. The van der Waals surface area contributed by atoms with Gasteiger partial charge in [-0.05, 0) is 56.8 Å². The van der Waals surface area contributed by atoms with Crippen molar-refractivity contribution in [1.29, 1.82) is 0 Å². The molecule has 0 amide bonds. The highest BCUT2D eigenvalue weighted by Gasteiger charge is 2.33. The number of rotatable bonds is 9. The van der Waals surface area contributed by atoms with Crippen LogP contribution in [-0.4, -0.2) is 60.6 Å².